The van der Waals surface area contributed by atoms with Crippen LogP contribution in [0.3, 0.4) is 0 Å². The highest BCUT2D eigenvalue weighted by atomic mass is 16.4. The summed E-state index contributed by atoms with van der Waals surface area (Å²) in [4.78, 5) is 25.1. The van der Waals surface area contributed by atoms with E-state index < -0.39 is 5.97 Å². The first-order chi connectivity index (χ1) is 6.72. The highest BCUT2D eigenvalue weighted by Crippen LogP contribution is 2.07. The van der Waals surface area contributed by atoms with E-state index in [-0.39, 0.29) is 5.69 Å². The third kappa shape index (κ3) is 1.15. The summed E-state index contributed by atoms with van der Waals surface area (Å²) in [5.74, 6) is -1.07. The molecule has 0 radical (unpaired) electrons. The van der Waals surface area contributed by atoms with Crippen molar-refractivity contribution < 1.29 is 14.7 Å². The summed E-state index contributed by atoms with van der Waals surface area (Å²) >= 11 is 0. The molecule has 70 valence electrons. The van der Waals surface area contributed by atoms with E-state index in [0.717, 1.165) is 0 Å². The molecule has 2 heterocycles. The highest BCUT2D eigenvalue weighted by Gasteiger charge is 2.09. The standard InChI is InChI=1S/C9H6N2O3/c12-5-6-1-2-8-10-3-7(9(13)14)11(8)4-6/h1-5H,(H,13,14). The molecule has 0 bridgehead atoms. The van der Waals surface area contributed by atoms with E-state index in [1.165, 1.54) is 16.8 Å². The Bertz CT molecular complexity index is 516. The summed E-state index contributed by atoms with van der Waals surface area (Å²) in [7, 11) is 0. The lowest BCUT2D eigenvalue weighted by molar-refractivity contribution is 0.0689. The van der Waals surface area contributed by atoms with E-state index in [4.69, 9.17) is 5.11 Å². The van der Waals surface area contributed by atoms with Crippen LogP contribution < -0.4 is 0 Å². The van der Waals surface area contributed by atoms with Gasteiger partial charge in [0.1, 0.15) is 5.65 Å². The molecule has 2 aromatic rings. The van der Waals surface area contributed by atoms with Crippen molar-refractivity contribution in [3.63, 3.8) is 0 Å². The van der Waals surface area contributed by atoms with Gasteiger partial charge in [0.25, 0.3) is 0 Å². The van der Waals surface area contributed by atoms with Crippen LogP contribution in [0.2, 0.25) is 0 Å². The molecule has 0 aliphatic carbocycles. The van der Waals surface area contributed by atoms with Crippen molar-refractivity contribution in [3.05, 3.63) is 35.8 Å². The van der Waals surface area contributed by atoms with Crippen molar-refractivity contribution in [3.8, 4) is 0 Å². The maximum absolute atomic E-state index is 10.7. The van der Waals surface area contributed by atoms with Gasteiger partial charge in [-0.1, -0.05) is 0 Å². The average Bonchev–Trinajstić information content (AvgIpc) is 2.59. The fraction of sp³-hybridized carbons (Fsp3) is 0. The normalized spacial score (nSPS) is 10.3. The maximum atomic E-state index is 10.7. The zero-order valence-corrected chi connectivity index (χ0v) is 7.04. The molecule has 2 rings (SSSR count). The van der Waals surface area contributed by atoms with Crippen molar-refractivity contribution in [2.24, 2.45) is 0 Å². The number of carboxylic acids is 1. The van der Waals surface area contributed by atoms with Gasteiger partial charge in [-0.05, 0) is 12.1 Å². The van der Waals surface area contributed by atoms with Crippen LogP contribution in [-0.2, 0) is 0 Å². The number of carbonyl (C=O) groups is 2. The van der Waals surface area contributed by atoms with Gasteiger partial charge in [-0.25, -0.2) is 9.78 Å². The van der Waals surface area contributed by atoms with Crippen molar-refractivity contribution in [1.29, 1.82) is 0 Å². The predicted molar refractivity (Wildman–Crippen MR) is 47.5 cm³/mol. The van der Waals surface area contributed by atoms with E-state index in [1.807, 2.05) is 0 Å². The summed E-state index contributed by atoms with van der Waals surface area (Å²) in [5, 5.41) is 8.79. The SMILES string of the molecule is O=Cc1ccc2ncc(C(=O)O)n2c1. The van der Waals surface area contributed by atoms with Crippen LogP contribution in [0.15, 0.2) is 24.5 Å². The highest BCUT2D eigenvalue weighted by molar-refractivity contribution is 5.87. The number of pyridine rings is 1. The molecule has 0 spiro atoms. The van der Waals surface area contributed by atoms with E-state index in [0.29, 0.717) is 17.5 Å². The molecule has 0 saturated carbocycles. The Hall–Kier alpha value is -2.17. The molecule has 5 heteroatoms. The van der Waals surface area contributed by atoms with Crippen molar-refractivity contribution in [1.82, 2.24) is 9.38 Å². The molecule has 0 unspecified atom stereocenters. The topological polar surface area (TPSA) is 71.7 Å². The van der Waals surface area contributed by atoms with E-state index >= 15 is 0 Å². The average molecular weight is 190 g/mol. The van der Waals surface area contributed by atoms with Gasteiger partial charge < -0.3 is 5.11 Å². The van der Waals surface area contributed by atoms with E-state index in [2.05, 4.69) is 4.98 Å². The van der Waals surface area contributed by atoms with E-state index in [9.17, 15) is 9.59 Å². The number of aromatic carboxylic acids is 1. The van der Waals surface area contributed by atoms with Gasteiger partial charge in [0.2, 0.25) is 0 Å². The molecule has 14 heavy (non-hydrogen) atoms. The second-order valence-corrected chi connectivity index (χ2v) is 2.76. The fourth-order valence-electron chi connectivity index (χ4n) is 1.22. The van der Waals surface area contributed by atoms with Crippen molar-refractivity contribution in [2.75, 3.05) is 0 Å². The minimum Gasteiger partial charge on any atom is -0.477 e. The van der Waals surface area contributed by atoms with Crippen LogP contribution in [0.25, 0.3) is 5.65 Å². The van der Waals surface area contributed by atoms with Crippen molar-refractivity contribution in [2.45, 2.75) is 0 Å². The number of imidazole rings is 1. The first-order valence-corrected chi connectivity index (χ1v) is 3.88. The van der Waals surface area contributed by atoms with Crippen molar-refractivity contribution >= 4 is 17.9 Å². The quantitative estimate of drug-likeness (QED) is 0.712. The summed E-state index contributed by atoms with van der Waals surface area (Å²) in [6, 6.07) is 3.18. The minimum atomic E-state index is -1.07. The molecule has 0 aliphatic rings. The van der Waals surface area contributed by atoms with Gasteiger partial charge in [0, 0.05) is 11.8 Å². The number of carboxylic acid groups (broad SMARTS) is 1. The Kier molecular flexibility index (Phi) is 1.78. The lowest BCUT2D eigenvalue weighted by atomic mass is 10.3. The zero-order valence-electron chi connectivity index (χ0n) is 7.04. The number of aldehydes is 1. The van der Waals surface area contributed by atoms with Gasteiger partial charge in [0.15, 0.2) is 12.0 Å². The number of aromatic nitrogens is 2. The number of hydrogen-bond donors (Lipinski definition) is 1. The maximum Gasteiger partial charge on any atom is 0.354 e. The number of carbonyl (C=O) groups excluding carboxylic acids is 1. The molecule has 2 aromatic heterocycles. The van der Waals surface area contributed by atoms with Gasteiger partial charge in [-0.2, -0.15) is 0 Å². The Morgan fingerprint density at radius 3 is 2.93 bits per heavy atom. The summed E-state index contributed by atoms with van der Waals surface area (Å²) < 4.78 is 1.37. The number of rotatable bonds is 2. The van der Waals surface area contributed by atoms with E-state index in [1.54, 1.807) is 12.1 Å². The molecule has 0 atom stereocenters. The summed E-state index contributed by atoms with van der Waals surface area (Å²) in [5.41, 5.74) is 0.967. The largest absolute Gasteiger partial charge is 0.477 e. The Morgan fingerprint density at radius 2 is 2.29 bits per heavy atom. The minimum absolute atomic E-state index is 0.0451. The number of fused-ring (bicyclic) bond motifs is 1. The summed E-state index contributed by atoms with van der Waals surface area (Å²) in [6.45, 7) is 0. The molecular formula is C9H6N2O3. The lowest BCUT2D eigenvalue weighted by Crippen LogP contribution is -2.01. The van der Waals surface area contributed by atoms with Gasteiger partial charge >= 0.3 is 5.97 Å². The number of nitrogens with zero attached hydrogens (tertiary/aromatic N) is 2. The Labute approximate surface area is 78.6 Å². The van der Waals surface area contributed by atoms with Crippen LogP contribution in [-0.4, -0.2) is 26.7 Å². The van der Waals surface area contributed by atoms with Gasteiger partial charge in [0.05, 0.1) is 6.20 Å². The molecule has 0 aromatic carbocycles. The lowest BCUT2D eigenvalue weighted by Gasteiger charge is -1.96. The van der Waals surface area contributed by atoms with Gasteiger partial charge in [-0.15, -0.1) is 0 Å². The molecule has 0 saturated heterocycles. The molecular weight excluding hydrogens is 184 g/mol. The van der Waals surface area contributed by atoms with Crippen LogP contribution in [0, 0.1) is 0 Å². The molecule has 5 nitrogen and oxygen atoms in total. The fourth-order valence-corrected chi connectivity index (χ4v) is 1.22. The molecule has 0 aliphatic heterocycles. The second kappa shape index (κ2) is 2.95. The molecule has 0 amide bonds. The summed E-state index contributed by atoms with van der Waals surface area (Å²) in [6.07, 6.45) is 3.36. The van der Waals surface area contributed by atoms with Crippen LogP contribution >= 0.6 is 0 Å². The smallest absolute Gasteiger partial charge is 0.354 e. The van der Waals surface area contributed by atoms with Crippen LogP contribution in [0.4, 0.5) is 0 Å². The second-order valence-electron chi connectivity index (χ2n) is 2.76. The Morgan fingerprint density at radius 1 is 1.50 bits per heavy atom. The zero-order chi connectivity index (χ0) is 10.1. The monoisotopic (exact) mass is 190 g/mol. The third-order valence-corrected chi connectivity index (χ3v) is 1.88. The predicted octanol–water partition coefficient (Wildman–Crippen LogP) is 0.845. The molecule has 0 fully saturated rings. The third-order valence-electron chi connectivity index (χ3n) is 1.88. The van der Waals surface area contributed by atoms with Crippen LogP contribution in [0.1, 0.15) is 20.8 Å². The molecule has 1 N–H and O–H groups in total. The first-order valence-electron chi connectivity index (χ1n) is 3.88. The van der Waals surface area contributed by atoms with Crippen LogP contribution in [0.5, 0.6) is 0 Å². The number of hydrogen-bond acceptors (Lipinski definition) is 3. The van der Waals surface area contributed by atoms with Gasteiger partial charge in [-0.3, -0.25) is 9.20 Å². The Balaban J connectivity index is 2.75. The first kappa shape index (κ1) is 8.43.